The number of nitro groups is 1. The first-order chi connectivity index (χ1) is 10.0. The number of aromatic nitrogens is 2. The lowest BCUT2D eigenvalue weighted by molar-refractivity contribution is -0.385. The fraction of sp³-hybridized carbons (Fsp3) is 0.154. The summed E-state index contributed by atoms with van der Waals surface area (Å²) in [6.45, 7) is 1.60. The molecule has 1 aromatic heterocycles. The van der Waals surface area contributed by atoms with Crippen LogP contribution in [0.15, 0.2) is 30.6 Å². The molecule has 0 N–H and O–H groups in total. The molecular formula is C13H11N3O5. The van der Waals surface area contributed by atoms with Gasteiger partial charge in [0.15, 0.2) is 5.69 Å². The van der Waals surface area contributed by atoms with Crippen molar-refractivity contribution in [3.8, 4) is 11.6 Å². The molecule has 0 spiro atoms. The van der Waals surface area contributed by atoms with E-state index in [1.165, 1.54) is 37.7 Å². The number of esters is 1. The Morgan fingerprint density at radius 1 is 1.33 bits per heavy atom. The number of methoxy groups -OCH3 is 1. The van der Waals surface area contributed by atoms with Gasteiger partial charge in [-0.3, -0.25) is 15.1 Å². The SMILES string of the molecule is COC(=O)c1cncc(Oc2ccc([N+](=O)[O-])c(C)c2)n1. The van der Waals surface area contributed by atoms with Crippen molar-refractivity contribution in [2.45, 2.75) is 6.92 Å². The second kappa shape index (κ2) is 5.95. The molecule has 108 valence electrons. The minimum absolute atomic E-state index is 0.00301. The third kappa shape index (κ3) is 3.30. The molecule has 0 bridgehead atoms. The summed E-state index contributed by atoms with van der Waals surface area (Å²) in [6.07, 6.45) is 2.57. The van der Waals surface area contributed by atoms with Gasteiger partial charge in [-0.15, -0.1) is 0 Å². The molecule has 0 fully saturated rings. The number of nitro benzene ring substituents is 1. The van der Waals surface area contributed by atoms with Crippen LogP contribution in [0.2, 0.25) is 0 Å². The number of hydrogen-bond donors (Lipinski definition) is 0. The van der Waals surface area contributed by atoms with E-state index < -0.39 is 10.9 Å². The number of benzene rings is 1. The van der Waals surface area contributed by atoms with Crippen molar-refractivity contribution >= 4 is 11.7 Å². The molecule has 0 saturated carbocycles. The smallest absolute Gasteiger partial charge is 0.358 e. The molecule has 1 aromatic carbocycles. The van der Waals surface area contributed by atoms with Crippen LogP contribution in [0.4, 0.5) is 5.69 Å². The largest absolute Gasteiger partial charge is 0.464 e. The van der Waals surface area contributed by atoms with Gasteiger partial charge in [-0.25, -0.2) is 9.78 Å². The van der Waals surface area contributed by atoms with E-state index in [0.717, 1.165) is 0 Å². The van der Waals surface area contributed by atoms with Crippen molar-refractivity contribution in [2.24, 2.45) is 0 Å². The Balaban J connectivity index is 2.24. The molecule has 0 unspecified atom stereocenters. The predicted molar refractivity (Wildman–Crippen MR) is 71.3 cm³/mol. The van der Waals surface area contributed by atoms with Gasteiger partial charge in [0.2, 0.25) is 5.88 Å². The second-order valence-electron chi connectivity index (χ2n) is 4.04. The van der Waals surface area contributed by atoms with Gasteiger partial charge in [0, 0.05) is 11.6 Å². The fourth-order valence-electron chi connectivity index (χ4n) is 1.62. The molecule has 0 saturated heterocycles. The molecule has 8 heteroatoms. The van der Waals surface area contributed by atoms with E-state index in [2.05, 4.69) is 14.7 Å². The summed E-state index contributed by atoms with van der Waals surface area (Å²) in [7, 11) is 1.23. The van der Waals surface area contributed by atoms with E-state index in [9.17, 15) is 14.9 Å². The Bertz CT molecular complexity index is 702. The van der Waals surface area contributed by atoms with Crippen LogP contribution in [0.1, 0.15) is 16.1 Å². The Kier molecular flexibility index (Phi) is 4.07. The first-order valence-corrected chi connectivity index (χ1v) is 5.84. The van der Waals surface area contributed by atoms with Crippen molar-refractivity contribution in [3.63, 3.8) is 0 Å². The van der Waals surface area contributed by atoms with Gasteiger partial charge in [-0.05, 0) is 19.1 Å². The maximum Gasteiger partial charge on any atom is 0.358 e. The zero-order chi connectivity index (χ0) is 15.4. The van der Waals surface area contributed by atoms with Crippen LogP contribution in [-0.2, 0) is 4.74 Å². The summed E-state index contributed by atoms with van der Waals surface area (Å²) >= 11 is 0. The second-order valence-corrected chi connectivity index (χ2v) is 4.04. The van der Waals surface area contributed by atoms with Crippen LogP contribution in [0.3, 0.4) is 0 Å². The molecule has 21 heavy (non-hydrogen) atoms. The Labute approximate surface area is 119 Å². The number of aryl methyl sites for hydroxylation is 1. The molecule has 2 aromatic rings. The molecule has 1 heterocycles. The zero-order valence-corrected chi connectivity index (χ0v) is 11.3. The maximum atomic E-state index is 11.3. The summed E-state index contributed by atoms with van der Waals surface area (Å²) in [5.74, 6) is -0.187. The third-order valence-corrected chi connectivity index (χ3v) is 2.59. The summed E-state index contributed by atoms with van der Waals surface area (Å²) in [4.78, 5) is 29.4. The average Bonchev–Trinajstić information content (AvgIpc) is 2.46. The van der Waals surface area contributed by atoms with Gasteiger partial charge < -0.3 is 9.47 Å². The molecule has 2 rings (SSSR count). The molecule has 0 amide bonds. The quantitative estimate of drug-likeness (QED) is 0.483. The van der Waals surface area contributed by atoms with Crippen LogP contribution in [-0.4, -0.2) is 28.0 Å². The number of nitrogens with zero attached hydrogens (tertiary/aromatic N) is 3. The van der Waals surface area contributed by atoms with E-state index in [1.807, 2.05) is 0 Å². The maximum absolute atomic E-state index is 11.3. The van der Waals surface area contributed by atoms with E-state index >= 15 is 0 Å². The Hall–Kier alpha value is -3.03. The van der Waals surface area contributed by atoms with Crippen molar-refractivity contribution < 1.29 is 19.2 Å². The van der Waals surface area contributed by atoms with Crippen molar-refractivity contribution in [1.29, 1.82) is 0 Å². The summed E-state index contributed by atoms with van der Waals surface area (Å²) in [5.41, 5.74) is 0.458. The van der Waals surface area contributed by atoms with Crippen LogP contribution < -0.4 is 4.74 Å². The van der Waals surface area contributed by atoms with Gasteiger partial charge in [0.05, 0.1) is 24.4 Å². The van der Waals surface area contributed by atoms with Crippen LogP contribution in [0.25, 0.3) is 0 Å². The van der Waals surface area contributed by atoms with Gasteiger partial charge in [-0.1, -0.05) is 0 Å². The normalized spacial score (nSPS) is 10.0. The number of ether oxygens (including phenoxy) is 2. The van der Waals surface area contributed by atoms with Gasteiger partial charge in [0.1, 0.15) is 5.75 Å². The lowest BCUT2D eigenvalue weighted by atomic mass is 10.2. The Morgan fingerprint density at radius 2 is 2.10 bits per heavy atom. The standard InChI is InChI=1S/C13H11N3O5/c1-8-5-9(3-4-11(8)16(18)19)21-12-7-14-6-10(15-12)13(17)20-2/h3-7H,1-2H3. The Morgan fingerprint density at radius 3 is 2.71 bits per heavy atom. The number of carbonyl (C=O) groups excluding carboxylic acids is 1. The lowest BCUT2D eigenvalue weighted by Crippen LogP contribution is -2.05. The van der Waals surface area contributed by atoms with Gasteiger partial charge >= 0.3 is 5.97 Å². The molecule has 0 aliphatic carbocycles. The monoisotopic (exact) mass is 289 g/mol. The highest BCUT2D eigenvalue weighted by Crippen LogP contribution is 2.26. The van der Waals surface area contributed by atoms with Crippen LogP contribution in [0.5, 0.6) is 11.6 Å². The topological polar surface area (TPSA) is 104 Å². The molecular weight excluding hydrogens is 278 g/mol. The minimum atomic E-state index is -0.632. The highest BCUT2D eigenvalue weighted by Gasteiger charge is 2.13. The predicted octanol–water partition coefficient (Wildman–Crippen LogP) is 2.27. The zero-order valence-electron chi connectivity index (χ0n) is 11.3. The van der Waals surface area contributed by atoms with Crippen molar-refractivity contribution in [2.75, 3.05) is 7.11 Å². The first-order valence-electron chi connectivity index (χ1n) is 5.84. The summed E-state index contributed by atoms with van der Waals surface area (Å²) < 4.78 is 9.96. The molecule has 8 nitrogen and oxygen atoms in total. The third-order valence-electron chi connectivity index (χ3n) is 2.59. The fourth-order valence-corrected chi connectivity index (χ4v) is 1.62. The number of rotatable bonds is 4. The average molecular weight is 289 g/mol. The number of hydrogen-bond acceptors (Lipinski definition) is 7. The summed E-state index contributed by atoms with van der Waals surface area (Å²) in [5, 5.41) is 10.7. The van der Waals surface area contributed by atoms with Crippen molar-refractivity contribution in [3.05, 3.63) is 52.0 Å². The molecule has 0 radical (unpaired) electrons. The molecule has 0 aliphatic rings. The highest BCUT2D eigenvalue weighted by atomic mass is 16.6. The highest BCUT2D eigenvalue weighted by molar-refractivity contribution is 5.86. The lowest BCUT2D eigenvalue weighted by Gasteiger charge is -2.06. The van der Waals surface area contributed by atoms with E-state index in [-0.39, 0.29) is 17.3 Å². The van der Waals surface area contributed by atoms with E-state index in [0.29, 0.717) is 11.3 Å². The molecule has 0 aliphatic heterocycles. The van der Waals surface area contributed by atoms with Gasteiger partial charge in [-0.2, -0.15) is 0 Å². The van der Waals surface area contributed by atoms with Gasteiger partial charge in [0.25, 0.3) is 5.69 Å². The minimum Gasteiger partial charge on any atom is -0.464 e. The van der Waals surface area contributed by atoms with E-state index in [1.54, 1.807) is 6.92 Å². The first kappa shape index (κ1) is 14.4. The van der Waals surface area contributed by atoms with E-state index in [4.69, 9.17) is 4.74 Å². The summed E-state index contributed by atoms with van der Waals surface area (Å²) in [6, 6.07) is 4.28. The number of carbonyl (C=O) groups is 1. The van der Waals surface area contributed by atoms with Crippen LogP contribution in [0, 0.1) is 17.0 Å². The van der Waals surface area contributed by atoms with Crippen molar-refractivity contribution in [1.82, 2.24) is 9.97 Å². The molecule has 0 atom stereocenters. The van der Waals surface area contributed by atoms with Crippen LogP contribution >= 0.6 is 0 Å².